The summed E-state index contributed by atoms with van der Waals surface area (Å²) >= 11 is 0. The lowest BCUT2D eigenvalue weighted by atomic mass is 9.75. The number of nitrogens with zero attached hydrogens (tertiary/aromatic N) is 1. The minimum atomic E-state index is -0.0594. The maximum Gasteiger partial charge on any atom is 0.125 e. The van der Waals surface area contributed by atoms with Crippen molar-refractivity contribution in [3.8, 4) is 11.4 Å². The molecule has 0 radical (unpaired) electrons. The zero-order valence-electron chi connectivity index (χ0n) is 13.2. The number of rotatable bonds is 0. The molecule has 23 heavy (non-hydrogen) atoms. The average Bonchev–Trinajstić information content (AvgIpc) is 2.89. The van der Waals surface area contributed by atoms with Gasteiger partial charge in [0.2, 0.25) is 0 Å². The molecule has 2 heteroatoms. The van der Waals surface area contributed by atoms with E-state index in [9.17, 15) is 5.11 Å². The van der Waals surface area contributed by atoms with Crippen LogP contribution in [-0.2, 0) is 5.41 Å². The van der Waals surface area contributed by atoms with Crippen molar-refractivity contribution in [3.05, 3.63) is 71.8 Å². The van der Waals surface area contributed by atoms with Crippen LogP contribution in [0.3, 0.4) is 0 Å². The van der Waals surface area contributed by atoms with Crippen molar-refractivity contribution < 1.29 is 5.11 Å². The van der Waals surface area contributed by atoms with Crippen molar-refractivity contribution in [1.82, 2.24) is 4.57 Å². The summed E-state index contributed by atoms with van der Waals surface area (Å²) in [7, 11) is 0. The molecular weight excluding hydrogens is 282 g/mol. The van der Waals surface area contributed by atoms with Gasteiger partial charge in [-0.1, -0.05) is 56.3 Å². The molecule has 1 aliphatic heterocycles. The lowest BCUT2D eigenvalue weighted by molar-refractivity contribution is 0.482. The summed E-state index contributed by atoms with van der Waals surface area (Å²) in [4.78, 5) is 0. The number of hydrogen-bond acceptors (Lipinski definition) is 1. The minimum absolute atomic E-state index is 0.0594. The summed E-state index contributed by atoms with van der Waals surface area (Å²) in [6.45, 7) is 4.56. The van der Waals surface area contributed by atoms with Gasteiger partial charge in [0.05, 0.1) is 16.7 Å². The normalized spacial score (nSPS) is 15.0. The molecule has 0 aliphatic carbocycles. The van der Waals surface area contributed by atoms with Gasteiger partial charge in [-0.25, -0.2) is 0 Å². The highest BCUT2D eigenvalue weighted by Crippen LogP contribution is 2.48. The summed E-state index contributed by atoms with van der Waals surface area (Å²) in [6.07, 6.45) is 0. The van der Waals surface area contributed by atoms with E-state index in [4.69, 9.17) is 0 Å². The summed E-state index contributed by atoms with van der Waals surface area (Å²) in [5.74, 6) is 0.348. The number of hydrogen-bond donors (Lipinski definition) is 1. The second-order valence-electron chi connectivity index (χ2n) is 6.85. The molecular formula is C21H17NO. The van der Waals surface area contributed by atoms with Gasteiger partial charge in [0, 0.05) is 16.2 Å². The Labute approximate surface area is 134 Å². The van der Waals surface area contributed by atoms with Crippen molar-refractivity contribution in [1.29, 1.82) is 0 Å². The number of phenolic OH excluding ortho intramolecular Hbond substituents is 1. The van der Waals surface area contributed by atoms with Gasteiger partial charge >= 0.3 is 0 Å². The number of para-hydroxylation sites is 2. The molecule has 1 N–H and O–H groups in total. The number of aromatic nitrogens is 1. The summed E-state index contributed by atoms with van der Waals surface area (Å²) in [5.41, 5.74) is 6.06. The molecule has 5 rings (SSSR count). The predicted molar refractivity (Wildman–Crippen MR) is 94.6 cm³/mol. The van der Waals surface area contributed by atoms with E-state index >= 15 is 0 Å². The van der Waals surface area contributed by atoms with E-state index < -0.39 is 0 Å². The third-order valence-electron chi connectivity index (χ3n) is 5.28. The molecule has 1 aliphatic rings. The lowest BCUT2D eigenvalue weighted by Gasteiger charge is -2.34. The molecule has 0 spiro atoms. The highest BCUT2D eigenvalue weighted by Gasteiger charge is 2.34. The Morgan fingerprint density at radius 2 is 1.57 bits per heavy atom. The van der Waals surface area contributed by atoms with Crippen LogP contribution in [-0.4, -0.2) is 9.67 Å². The first-order valence-electron chi connectivity index (χ1n) is 7.96. The van der Waals surface area contributed by atoms with E-state index in [-0.39, 0.29) is 5.41 Å². The molecule has 0 saturated heterocycles. The van der Waals surface area contributed by atoms with E-state index in [1.54, 1.807) is 6.07 Å². The van der Waals surface area contributed by atoms with E-state index in [2.05, 4.69) is 66.9 Å². The van der Waals surface area contributed by atoms with Crippen molar-refractivity contribution in [2.24, 2.45) is 0 Å². The van der Waals surface area contributed by atoms with Crippen LogP contribution in [0.5, 0.6) is 5.75 Å². The molecule has 4 aromatic rings. The Morgan fingerprint density at radius 1 is 0.826 bits per heavy atom. The fourth-order valence-corrected chi connectivity index (χ4v) is 4.19. The van der Waals surface area contributed by atoms with Crippen molar-refractivity contribution >= 4 is 21.8 Å². The maximum absolute atomic E-state index is 10.5. The monoisotopic (exact) mass is 299 g/mol. The van der Waals surface area contributed by atoms with Crippen LogP contribution in [0.2, 0.25) is 0 Å². The average molecular weight is 299 g/mol. The molecule has 0 unspecified atom stereocenters. The van der Waals surface area contributed by atoms with Gasteiger partial charge in [0.1, 0.15) is 5.75 Å². The van der Waals surface area contributed by atoms with Crippen LogP contribution < -0.4 is 0 Å². The lowest BCUT2D eigenvalue weighted by Crippen LogP contribution is -2.26. The zero-order chi connectivity index (χ0) is 15.8. The van der Waals surface area contributed by atoms with Crippen molar-refractivity contribution in [3.63, 3.8) is 0 Å². The standard InChI is InChI=1S/C21H17NO/c1-21(2)14-8-3-4-10-16(14)22-17-11-6-12-18(23)19(17)13-7-5-9-15(21)20(13)22/h3-12,23H,1-2H3. The van der Waals surface area contributed by atoms with Crippen molar-refractivity contribution in [2.45, 2.75) is 19.3 Å². The Kier molecular flexibility index (Phi) is 2.20. The number of benzene rings is 3. The molecule has 0 fully saturated rings. The predicted octanol–water partition coefficient (Wildman–Crippen LogP) is 5.13. The molecule has 0 bridgehead atoms. The van der Waals surface area contributed by atoms with E-state index in [1.165, 1.54) is 22.3 Å². The fraction of sp³-hybridized carbons (Fsp3) is 0.143. The molecule has 1 aromatic heterocycles. The minimum Gasteiger partial charge on any atom is -0.507 e. The Bertz CT molecular complexity index is 1100. The van der Waals surface area contributed by atoms with E-state index in [0.29, 0.717) is 5.75 Å². The molecule has 0 saturated carbocycles. The largest absolute Gasteiger partial charge is 0.507 e. The Hall–Kier alpha value is -2.74. The molecule has 3 aromatic carbocycles. The first-order chi connectivity index (χ1) is 11.1. The van der Waals surface area contributed by atoms with Gasteiger partial charge in [0.15, 0.2) is 0 Å². The summed E-state index contributed by atoms with van der Waals surface area (Å²) in [5, 5.41) is 12.5. The molecule has 0 atom stereocenters. The fourth-order valence-electron chi connectivity index (χ4n) is 4.19. The summed E-state index contributed by atoms with van der Waals surface area (Å²) in [6, 6.07) is 20.8. The van der Waals surface area contributed by atoms with Crippen LogP contribution in [0.1, 0.15) is 25.0 Å². The van der Waals surface area contributed by atoms with Gasteiger partial charge in [-0.3, -0.25) is 0 Å². The topological polar surface area (TPSA) is 25.2 Å². The third kappa shape index (κ3) is 1.39. The molecule has 112 valence electrons. The first-order valence-corrected chi connectivity index (χ1v) is 7.96. The van der Waals surface area contributed by atoms with Gasteiger partial charge < -0.3 is 9.67 Å². The quantitative estimate of drug-likeness (QED) is 0.478. The number of phenols is 1. The van der Waals surface area contributed by atoms with Crippen LogP contribution in [0.25, 0.3) is 27.5 Å². The van der Waals surface area contributed by atoms with Gasteiger partial charge in [-0.05, 0) is 29.3 Å². The van der Waals surface area contributed by atoms with Crippen LogP contribution in [0, 0.1) is 0 Å². The number of aromatic hydroxyl groups is 1. The Morgan fingerprint density at radius 3 is 2.43 bits per heavy atom. The van der Waals surface area contributed by atoms with E-state index in [1.807, 2.05) is 6.07 Å². The summed E-state index contributed by atoms with van der Waals surface area (Å²) < 4.78 is 2.31. The van der Waals surface area contributed by atoms with Crippen LogP contribution >= 0.6 is 0 Å². The zero-order valence-corrected chi connectivity index (χ0v) is 13.2. The highest BCUT2D eigenvalue weighted by molar-refractivity contribution is 6.14. The van der Waals surface area contributed by atoms with E-state index in [0.717, 1.165) is 16.3 Å². The maximum atomic E-state index is 10.5. The molecule has 2 nitrogen and oxygen atoms in total. The van der Waals surface area contributed by atoms with Crippen LogP contribution in [0.15, 0.2) is 60.7 Å². The second kappa shape index (κ2) is 3.96. The van der Waals surface area contributed by atoms with Gasteiger partial charge in [-0.2, -0.15) is 0 Å². The highest BCUT2D eigenvalue weighted by atomic mass is 16.3. The molecule has 2 heterocycles. The number of fused-ring (bicyclic) bond motifs is 5. The molecule has 0 amide bonds. The van der Waals surface area contributed by atoms with Gasteiger partial charge in [0.25, 0.3) is 0 Å². The first kappa shape index (κ1) is 12.8. The Balaban J connectivity index is 2.16. The van der Waals surface area contributed by atoms with Gasteiger partial charge in [-0.15, -0.1) is 0 Å². The second-order valence-corrected chi connectivity index (χ2v) is 6.85. The smallest absolute Gasteiger partial charge is 0.125 e. The SMILES string of the molecule is CC1(C)c2ccccc2-n2c3cccc(O)c3c3cccc1c32. The third-order valence-corrected chi connectivity index (χ3v) is 5.28. The van der Waals surface area contributed by atoms with Crippen molar-refractivity contribution in [2.75, 3.05) is 0 Å². The van der Waals surface area contributed by atoms with Crippen LogP contribution in [0.4, 0.5) is 0 Å².